The highest BCUT2D eigenvalue weighted by atomic mass is 32.2. The lowest BCUT2D eigenvalue weighted by molar-refractivity contribution is -0.116. The van der Waals surface area contributed by atoms with Crippen LogP contribution < -0.4 is 15.8 Å². The predicted octanol–water partition coefficient (Wildman–Crippen LogP) is 1.82. The van der Waals surface area contributed by atoms with E-state index in [1.807, 2.05) is 6.92 Å². The highest BCUT2D eigenvalue weighted by molar-refractivity contribution is 7.92. The molecule has 4 N–H and O–H groups in total. The van der Waals surface area contributed by atoms with E-state index in [2.05, 4.69) is 10.0 Å². The fraction of sp³-hybridized carbons (Fsp3) is 0.500. The van der Waals surface area contributed by atoms with Gasteiger partial charge in [-0.3, -0.25) is 9.52 Å². The van der Waals surface area contributed by atoms with Gasteiger partial charge in [0.25, 0.3) is 0 Å². The standard InChI is InChI=1S/C14H23N3O3S/c1-4-21(19,20)17-13-7-6-12(9-10(13)2)16-14(18)8-5-11(3)15/h6-7,9,11,17H,4-5,8,15H2,1-3H3,(H,16,18). The molecule has 0 aliphatic heterocycles. The largest absolute Gasteiger partial charge is 0.328 e. The average molecular weight is 313 g/mol. The summed E-state index contributed by atoms with van der Waals surface area (Å²) < 4.78 is 25.6. The molecule has 7 heteroatoms. The van der Waals surface area contributed by atoms with Crippen LogP contribution in [0.3, 0.4) is 0 Å². The Morgan fingerprint density at radius 3 is 2.57 bits per heavy atom. The highest BCUT2D eigenvalue weighted by Gasteiger charge is 2.10. The van der Waals surface area contributed by atoms with Gasteiger partial charge in [0.05, 0.1) is 11.4 Å². The van der Waals surface area contributed by atoms with Crippen molar-refractivity contribution in [2.24, 2.45) is 5.73 Å². The number of nitrogens with one attached hydrogen (secondary N) is 2. The summed E-state index contributed by atoms with van der Waals surface area (Å²) in [5.74, 6) is -0.0871. The smallest absolute Gasteiger partial charge is 0.232 e. The quantitative estimate of drug-likeness (QED) is 0.714. The topological polar surface area (TPSA) is 101 Å². The number of hydrogen-bond donors (Lipinski definition) is 3. The van der Waals surface area contributed by atoms with Crippen LogP contribution in [0.1, 0.15) is 32.3 Å². The van der Waals surface area contributed by atoms with E-state index < -0.39 is 10.0 Å². The van der Waals surface area contributed by atoms with Gasteiger partial charge in [0.2, 0.25) is 15.9 Å². The fourth-order valence-electron chi connectivity index (χ4n) is 1.68. The first-order chi connectivity index (χ1) is 9.73. The molecule has 0 heterocycles. The third-order valence-electron chi connectivity index (χ3n) is 2.98. The van der Waals surface area contributed by atoms with E-state index in [9.17, 15) is 13.2 Å². The van der Waals surface area contributed by atoms with Crippen LogP contribution >= 0.6 is 0 Å². The number of sulfonamides is 1. The Morgan fingerprint density at radius 1 is 1.38 bits per heavy atom. The van der Waals surface area contributed by atoms with E-state index in [1.54, 1.807) is 32.0 Å². The molecule has 0 saturated carbocycles. The van der Waals surface area contributed by atoms with Gasteiger partial charge in [0, 0.05) is 18.2 Å². The normalized spacial score (nSPS) is 12.8. The second-order valence-electron chi connectivity index (χ2n) is 5.10. The minimum Gasteiger partial charge on any atom is -0.328 e. The van der Waals surface area contributed by atoms with Crippen LogP contribution in [0.15, 0.2) is 18.2 Å². The monoisotopic (exact) mass is 313 g/mol. The summed E-state index contributed by atoms with van der Waals surface area (Å²) in [4.78, 5) is 11.7. The molecular weight excluding hydrogens is 290 g/mol. The number of benzene rings is 1. The molecule has 0 aliphatic carbocycles. The lowest BCUT2D eigenvalue weighted by Crippen LogP contribution is -2.19. The van der Waals surface area contributed by atoms with E-state index in [0.717, 1.165) is 5.56 Å². The van der Waals surface area contributed by atoms with Crippen molar-refractivity contribution in [3.63, 3.8) is 0 Å². The average Bonchev–Trinajstić information content (AvgIpc) is 2.39. The summed E-state index contributed by atoms with van der Waals surface area (Å²) in [6.07, 6.45) is 0.986. The summed E-state index contributed by atoms with van der Waals surface area (Å²) in [6, 6.07) is 5.04. The molecule has 1 aromatic carbocycles. The molecular formula is C14H23N3O3S. The SMILES string of the molecule is CCS(=O)(=O)Nc1ccc(NC(=O)CCC(C)N)cc1C. The zero-order valence-corrected chi connectivity index (χ0v) is 13.5. The summed E-state index contributed by atoms with van der Waals surface area (Å²) >= 11 is 0. The van der Waals surface area contributed by atoms with Crippen LogP contribution in [-0.4, -0.2) is 26.1 Å². The van der Waals surface area contributed by atoms with E-state index in [-0.39, 0.29) is 17.7 Å². The number of carbonyl (C=O) groups is 1. The second-order valence-corrected chi connectivity index (χ2v) is 7.11. The zero-order chi connectivity index (χ0) is 16.0. The van der Waals surface area contributed by atoms with Gasteiger partial charge in [-0.2, -0.15) is 0 Å². The number of carbonyl (C=O) groups excluding carboxylic acids is 1. The maximum Gasteiger partial charge on any atom is 0.232 e. The molecule has 6 nitrogen and oxygen atoms in total. The molecule has 1 aromatic rings. The molecule has 0 saturated heterocycles. The lowest BCUT2D eigenvalue weighted by atomic mass is 10.1. The van der Waals surface area contributed by atoms with Gasteiger partial charge in [-0.1, -0.05) is 0 Å². The molecule has 1 amide bonds. The summed E-state index contributed by atoms with van der Waals surface area (Å²) in [5.41, 5.74) is 7.51. The van der Waals surface area contributed by atoms with Crippen LogP contribution in [-0.2, 0) is 14.8 Å². The van der Waals surface area contributed by atoms with Crippen LogP contribution in [0.5, 0.6) is 0 Å². The van der Waals surface area contributed by atoms with Gasteiger partial charge in [-0.15, -0.1) is 0 Å². The van der Waals surface area contributed by atoms with Gasteiger partial charge in [0.1, 0.15) is 0 Å². The molecule has 0 fully saturated rings. The zero-order valence-electron chi connectivity index (χ0n) is 12.6. The molecule has 1 rings (SSSR count). The second kappa shape index (κ2) is 7.42. The number of aryl methyl sites for hydroxylation is 1. The van der Waals surface area contributed by atoms with Crippen LogP contribution in [0.4, 0.5) is 11.4 Å². The van der Waals surface area contributed by atoms with Gasteiger partial charge < -0.3 is 11.1 Å². The van der Waals surface area contributed by atoms with Crippen molar-refractivity contribution in [3.05, 3.63) is 23.8 Å². The minimum atomic E-state index is -3.30. The Hall–Kier alpha value is -1.60. The Kier molecular flexibility index (Phi) is 6.17. The Morgan fingerprint density at radius 2 is 2.05 bits per heavy atom. The fourth-order valence-corrected chi connectivity index (χ4v) is 2.39. The van der Waals surface area contributed by atoms with Crippen molar-refractivity contribution in [1.29, 1.82) is 0 Å². The van der Waals surface area contributed by atoms with E-state index >= 15 is 0 Å². The van der Waals surface area contributed by atoms with Crippen LogP contribution in [0.25, 0.3) is 0 Å². The first kappa shape index (κ1) is 17.5. The van der Waals surface area contributed by atoms with Crippen molar-refractivity contribution in [3.8, 4) is 0 Å². The maximum atomic E-state index is 11.7. The lowest BCUT2D eigenvalue weighted by Gasteiger charge is -2.12. The van der Waals surface area contributed by atoms with E-state index in [0.29, 0.717) is 24.2 Å². The molecule has 1 unspecified atom stereocenters. The minimum absolute atomic E-state index is 0.0108. The number of hydrogen-bond acceptors (Lipinski definition) is 4. The van der Waals surface area contributed by atoms with Crippen LogP contribution in [0, 0.1) is 6.92 Å². The summed E-state index contributed by atoms with van der Waals surface area (Å²) in [5, 5.41) is 2.77. The van der Waals surface area contributed by atoms with Gasteiger partial charge in [-0.25, -0.2) is 8.42 Å². The van der Waals surface area contributed by atoms with Gasteiger partial charge >= 0.3 is 0 Å². The molecule has 0 radical (unpaired) electrons. The summed E-state index contributed by atoms with van der Waals surface area (Å²) in [6.45, 7) is 5.21. The molecule has 118 valence electrons. The number of nitrogens with two attached hydrogens (primary N) is 1. The number of rotatable bonds is 7. The Balaban J connectivity index is 2.72. The Bertz CT molecular complexity index is 597. The Labute approximate surface area is 126 Å². The first-order valence-corrected chi connectivity index (χ1v) is 8.55. The highest BCUT2D eigenvalue weighted by Crippen LogP contribution is 2.21. The first-order valence-electron chi connectivity index (χ1n) is 6.90. The molecule has 0 spiro atoms. The van der Waals surface area contributed by atoms with Gasteiger partial charge in [-0.05, 0) is 51.0 Å². The van der Waals surface area contributed by atoms with Crippen LogP contribution in [0.2, 0.25) is 0 Å². The number of anilines is 2. The third-order valence-corrected chi connectivity index (χ3v) is 4.27. The predicted molar refractivity (Wildman–Crippen MR) is 85.8 cm³/mol. The third kappa shape index (κ3) is 6.14. The molecule has 21 heavy (non-hydrogen) atoms. The summed E-state index contributed by atoms with van der Waals surface area (Å²) in [7, 11) is -3.30. The van der Waals surface area contributed by atoms with Crippen molar-refractivity contribution in [2.75, 3.05) is 15.8 Å². The molecule has 1 atom stereocenters. The van der Waals surface area contributed by atoms with Crippen molar-refractivity contribution in [1.82, 2.24) is 0 Å². The molecule has 0 aromatic heterocycles. The van der Waals surface area contributed by atoms with E-state index in [1.165, 1.54) is 0 Å². The molecule has 0 bridgehead atoms. The molecule has 0 aliphatic rings. The van der Waals surface area contributed by atoms with Crippen molar-refractivity contribution < 1.29 is 13.2 Å². The maximum absolute atomic E-state index is 11.7. The number of amides is 1. The van der Waals surface area contributed by atoms with Gasteiger partial charge in [0.15, 0.2) is 0 Å². The van der Waals surface area contributed by atoms with Crippen molar-refractivity contribution >= 4 is 27.3 Å². The van der Waals surface area contributed by atoms with E-state index in [4.69, 9.17) is 5.73 Å². The van der Waals surface area contributed by atoms with Crippen molar-refractivity contribution in [2.45, 2.75) is 39.7 Å².